The molecule has 0 aliphatic carbocycles. The topological polar surface area (TPSA) is 9.23 Å². The predicted octanol–water partition coefficient (Wildman–Crippen LogP) is 3.33. The number of hydrogen-bond acceptors (Lipinski definition) is 2. The second kappa shape index (κ2) is 5.64. The molecule has 1 nitrogen and oxygen atoms in total. The van der Waals surface area contributed by atoms with Crippen LogP contribution >= 0.6 is 12.6 Å². The number of rotatable bonds is 5. The Morgan fingerprint density at radius 2 is 1.73 bits per heavy atom. The molecular weight excluding hydrogens is 246 g/mol. The predicted molar refractivity (Wildman–Crippen MR) is 44.6 cm³/mol. The van der Waals surface area contributed by atoms with Crippen molar-refractivity contribution in [2.75, 3.05) is 5.75 Å². The molecule has 2 atom stereocenters. The molecule has 0 radical (unpaired) electrons. The Morgan fingerprint density at radius 1 is 1.20 bits per heavy atom. The lowest BCUT2D eigenvalue weighted by Crippen LogP contribution is -2.49. The third kappa shape index (κ3) is 3.60. The number of hydrogen-bond donors (Lipinski definition) is 1. The van der Waals surface area contributed by atoms with E-state index in [2.05, 4.69) is 17.6 Å². The van der Waals surface area contributed by atoms with Crippen LogP contribution in [-0.2, 0) is 4.94 Å². The molecule has 0 rings (SSSR count). The molecule has 2 unspecified atom stereocenters. The van der Waals surface area contributed by atoms with Crippen molar-refractivity contribution in [1.29, 1.82) is 0 Å². The fourth-order valence-electron chi connectivity index (χ4n) is 0.711. The molecule has 0 aromatic rings. The highest BCUT2D eigenvalue weighted by Crippen LogP contribution is 2.40. The van der Waals surface area contributed by atoms with Crippen LogP contribution in [0, 0.1) is 0 Å². The lowest BCUT2D eigenvalue weighted by Gasteiger charge is -2.25. The average molecular weight is 254 g/mol. The Bertz CT molecular complexity index is 218. The molecule has 0 aromatic carbocycles. The molecule has 15 heavy (non-hydrogen) atoms. The van der Waals surface area contributed by atoms with Crippen LogP contribution in [0.3, 0.4) is 0 Å². The zero-order chi connectivity index (χ0) is 12.1. The van der Waals surface area contributed by atoms with Crippen molar-refractivity contribution >= 4 is 12.6 Å². The van der Waals surface area contributed by atoms with Crippen LogP contribution in [0.4, 0.5) is 26.5 Å². The van der Waals surface area contributed by atoms with E-state index in [9.17, 15) is 26.5 Å². The molecule has 0 saturated heterocycles. The Balaban J connectivity index is 4.59. The van der Waals surface area contributed by atoms with Gasteiger partial charge in [0.15, 0.2) is 6.17 Å². The van der Waals surface area contributed by atoms with E-state index in [0.29, 0.717) is 0 Å². The molecule has 0 spiro atoms. The maximum absolute atomic E-state index is 12.7. The van der Waals surface area contributed by atoms with E-state index in [1.54, 1.807) is 0 Å². The smallest absolute Gasteiger partial charge is 0.240 e. The number of alkyl halides is 5. The van der Waals surface area contributed by atoms with E-state index in [1.165, 1.54) is 6.08 Å². The molecule has 0 N–H and O–H groups in total. The maximum Gasteiger partial charge on any atom is 0.454 e. The summed E-state index contributed by atoms with van der Waals surface area (Å²) in [7, 11) is 0. The summed E-state index contributed by atoms with van der Waals surface area (Å²) in [5.74, 6) is -4.78. The second-order valence-corrected chi connectivity index (χ2v) is 2.94. The fourth-order valence-corrected chi connectivity index (χ4v) is 0.861. The molecule has 0 aromatic heterocycles. The largest absolute Gasteiger partial charge is 0.454 e. The molecule has 0 saturated carbocycles. The van der Waals surface area contributed by atoms with Crippen molar-refractivity contribution in [3.63, 3.8) is 0 Å². The standard InChI is InChI=1S/C7H8F6OS/c8-5(3-1-2-4-15)6(9,14-13)7(10,11)12/h1-2,5,15H,3-4H2. The van der Waals surface area contributed by atoms with Gasteiger partial charge in [0.05, 0.1) is 0 Å². The average Bonchev–Trinajstić information content (AvgIpc) is 2.15. The third-order valence-corrected chi connectivity index (χ3v) is 1.73. The van der Waals surface area contributed by atoms with Crippen LogP contribution in [0.5, 0.6) is 0 Å². The van der Waals surface area contributed by atoms with Crippen molar-refractivity contribution in [2.24, 2.45) is 0 Å². The lowest BCUT2D eigenvalue weighted by molar-refractivity contribution is -0.417. The summed E-state index contributed by atoms with van der Waals surface area (Å²) in [5.41, 5.74) is 0. The van der Waals surface area contributed by atoms with Crippen LogP contribution < -0.4 is 0 Å². The first-order chi connectivity index (χ1) is 6.79. The molecule has 0 heterocycles. The minimum absolute atomic E-state index is 0.147. The van der Waals surface area contributed by atoms with E-state index < -0.39 is 24.6 Å². The first-order valence-corrected chi connectivity index (χ1v) is 4.38. The molecule has 90 valence electrons. The van der Waals surface area contributed by atoms with Gasteiger partial charge in [0, 0.05) is 12.2 Å². The Hall–Kier alpha value is -0.370. The molecular formula is C7H8F6OS. The normalized spacial score (nSPS) is 19.1. The van der Waals surface area contributed by atoms with Crippen LogP contribution in [-0.4, -0.2) is 24.0 Å². The van der Waals surface area contributed by atoms with Gasteiger partial charge in [-0.15, -0.1) is 4.94 Å². The van der Waals surface area contributed by atoms with Gasteiger partial charge in [0.25, 0.3) is 0 Å². The Kier molecular flexibility index (Phi) is 5.50. The highest BCUT2D eigenvalue weighted by atomic mass is 32.1. The van der Waals surface area contributed by atoms with Crippen molar-refractivity contribution in [1.82, 2.24) is 0 Å². The van der Waals surface area contributed by atoms with E-state index in [0.717, 1.165) is 6.08 Å². The van der Waals surface area contributed by atoms with E-state index in [-0.39, 0.29) is 5.75 Å². The van der Waals surface area contributed by atoms with Gasteiger partial charge < -0.3 is 0 Å². The Labute approximate surface area is 87.4 Å². The van der Waals surface area contributed by atoms with E-state index in [4.69, 9.17) is 0 Å². The van der Waals surface area contributed by atoms with Gasteiger partial charge in [-0.25, -0.2) is 4.39 Å². The summed E-state index contributed by atoms with van der Waals surface area (Å²) < 4.78 is 72.4. The summed E-state index contributed by atoms with van der Waals surface area (Å²) in [6.07, 6.45) is -7.78. The highest BCUT2D eigenvalue weighted by molar-refractivity contribution is 7.80. The van der Waals surface area contributed by atoms with Crippen molar-refractivity contribution in [3.05, 3.63) is 12.2 Å². The van der Waals surface area contributed by atoms with Gasteiger partial charge in [0.2, 0.25) is 0 Å². The van der Waals surface area contributed by atoms with Crippen LogP contribution in [0.2, 0.25) is 0 Å². The van der Waals surface area contributed by atoms with Gasteiger partial charge in [0.1, 0.15) is 0 Å². The van der Waals surface area contributed by atoms with Gasteiger partial charge in [-0.3, -0.25) is 0 Å². The molecule has 0 amide bonds. The van der Waals surface area contributed by atoms with Gasteiger partial charge >= 0.3 is 12.0 Å². The first-order valence-electron chi connectivity index (χ1n) is 3.75. The van der Waals surface area contributed by atoms with E-state index in [1.807, 2.05) is 0 Å². The summed E-state index contributed by atoms with van der Waals surface area (Å²) in [6, 6.07) is 0. The monoisotopic (exact) mass is 254 g/mol. The summed E-state index contributed by atoms with van der Waals surface area (Å²) >= 11 is 3.64. The van der Waals surface area contributed by atoms with Crippen molar-refractivity contribution in [2.45, 2.75) is 24.6 Å². The number of allylic oxidation sites excluding steroid dienone is 1. The van der Waals surface area contributed by atoms with E-state index >= 15 is 0 Å². The Morgan fingerprint density at radius 3 is 2.07 bits per heavy atom. The molecule has 0 fully saturated rings. The zero-order valence-corrected chi connectivity index (χ0v) is 8.16. The van der Waals surface area contributed by atoms with Crippen LogP contribution in [0.15, 0.2) is 12.2 Å². The van der Waals surface area contributed by atoms with Crippen LogP contribution in [0.25, 0.3) is 0 Å². The quantitative estimate of drug-likeness (QED) is 0.450. The van der Waals surface area contributed by atoms with Crippen molar-refractivity contribution in [3.8, 4) is 0 Å². The third-order valence-electron chi connectivity index (χ3n) is 1.52. The molecule has 0 aliphatic heterocycles. The highest BCUT2D eigenvalue weighted by Gasteiger charge is 2.64. The second-order valence-electron chi connectivity index (χ2n) is 2.58. The van der Waals surface area contributed by atoms with Gasteiger partial charge in [-0.2, -0.15) is 30.2 Å². The SMILES string of the molecule is FOC(F)(C(F)CC=CCS)C(F)(F)F. The summed E-state index contributed by atoms with van der Waals surface area (Å²) in [6.45, 7) is 0. The zero-order valence-electron chi connectivity index (χ0n) is 7.27. The van der Waals surface area contributed by atoms with Crippen LogP contribution in [0.1, 0.15) is 6.42 Å². The number of thiol groups is 1. The lowest BCUT2D eigenvalue weighted by atomic mass is 10.1. The molecule has 0 bridgehead atoms. The van der Waals surface area contributed by atoms with Gasteiger partial charge in [-0.1, -0.05) is 12.2 Å². The maximum atomic E-state index is 12.7. The summed E-state index contributed by atoms with van der Waals surface area (Å²) in [5, 5.41) is 0. The minimum atomic E-state index is -5.77. The first kappa shape index (κ1) is 14.6. The minimum Gasteiger partial charge on any atom is -0.240 e. The molecule has 8 heteroatoms. The van der Waals surface area contributed by atoms with Gasteiger partial charge in [-0.05, 0) is 4.53 Å². The number of halogens is 6. The molecule has 0 aliphatic rings. The summed E-state index contributed by atoms with van der Waals surface area (Å²) in [4.78, 5) is 2.08. The van der Waals surface area contributed by atoms with Crippen molar-refractivity contribution < 1.29 is 31.4 Å². The fraction of sp³-hybridized carbons (Fsp3) is 0.714.